The SMILES string of the molecule is CCOc1cc(/C=C2/NC(=O)NC2=O)cc(Br)c1OCC(=O)OC. The molecule has 1 fully saturated rings. The van der Waals surface area contributed by atoms with Crippen molar-refractivity contribution in [2.75, 3.05) is 20.3 Å². The smallest absolute Gasteiger partial charge is 0.343 e. The van der Waals surface area contributed by atoms with Gasteiger partial charge in [0, 0.05) is 0 Å². The summed E-state index contributed by atoms with van der Waals surface area (Å²) in [6.45, 7) is 1.90. The molecule has 2 rings (SSSR count). The standard InChI is InChI=1S/C15H15BrN2O6/c1-3-23-11-6-8(5-10-14(20)18-15(21)17-10)4-9(16)13(11)24-7-12(19)22-2/h4-6H,3,7H2,1-2H3,(H2,17,18,20,21)/b10-5+. The van der Waals surface area contributed by atoms with E-state index in [4.69, 9.17) is 9.47 Å². The number of benzene rings is 1. The second kappa shape index (κ2) is 7.82. The Balaban J connectivity index is 2.32. The number of halogens is 1. The topological polar surface area (TPSA) is 103 Å². The van der Waals surface area contributed by atoms with E-state index in [-0.39, 0.29) is 12.3 Å². The summed E-state index contributed by atoms with van der Waals surface area (Å²) in [6.07, 6.45) is 1.50. The van der Waals surface area contributed by atoms with Crippen molar-refractivity contribution in [1.29, 1.82) is 0 Å². The van der Waals surface area contributed by atoms with E-state index in [0.717, 1.165) is 0 Å². The van der Waals surface area contributed by atoms with Crippen LogP contribution < -0.4 is 20.1 Å². The number of amides is 3. The molecule has 0 unspecified atom stereocenters. The molecule has 0 aliphatic carbocycles. The van der Waals surface area contributed by atoms with Gasteiger partial charge in [0.2, 0.25) is 0 Å². The molecule has 8 nitrogen and oxygen atoms in total. The fraction of sp³-hybridized carbons (Fsp3) is 0.267. The minimum Gasteiger partial charge on any atom is -0.490 e. The molecule has 1 saturated heterocycles. The Labute approximate surface area is 146 Å². The van der Waals surface area contributed by atoms with Crippen LogP contribution in [0, 0.1) is 0 Å². The van der Waals surface area contributed by atoms with Crippen molar-refractivity contribution < 1.29 is 28.6 Å². The first-order valence-electron chi connectivity index (χ1n) is 6.94. The number of hydrogen-bond acceptors (Lipinski definition) is 6. The summed E-state index contributed by atoms with van der Waals surface area (Å²) >= 11 is 3.34. The molecule has 1 aliphatic rings. The molecule has 9 heteroatoms. The van der Waals surface area contributed by atoms with Crippen LogP contribution in [0.25, 0.3) is 6.08 Å². The molecule has 0 spiro atoms. The predicted molar refractivity (Wildman–Crippen MR) is 87.5 cm³/mol. The van der Waals surface area contributed by atoms with Crippen LogP contribution in [0.3, 0.4) is 0 Å². The molecule has 1 aromatic rings. The third kappa shape index (κ3) is 4.25. The van der Waals surface area contributed by atoms with Gasteiger partial charge in [-0.05, 0) is 46.6 Å². The highest BCUT2D eigenvalue weighted by atomic mass is 79.9. The van der Waals surface area contributed by atoms with Gasteiger partial charge in [0.1, 0.15) is 5.70 Å². The van der Waals surface area contributed by atoms with Crippen LogP contribution in [0.2, 0.25) is 0 Å². The summed E-state index contributed by atoms with van der Waals surface area (Å²) in [6, 6.07) is 2.72. The molecule has 1 aromatic carbocycles. The summed E-state index contributed by atoms with van der Waals surface area (Å²) in [5, 5.41) is 4.51. The van der Waals surface area contributed by atoms with Crippen molar-refractivity contribution >= 4 is 39.9 Å². The monoisotopic (exact) mass is 398 g/mol. The number of methoxy groups -OCH3 is 1. The second-order valence-corrected chi connectivity index (χ2v) is 5.45. The number of ether oxygens (including phenoxy) is 3. The third-order valence-corrected chi connectivity index (χ3v) is 3.51. The van der Waals surface area contributed by atoms with Gasteiger partial charge in [-0.3, -0.25) is 10.1 Å². The molecule has 1 aliphatic heterocycles. The highest BCUT2D eigenvalue weighted by Gasteiger charge is 2.23. The van der Waals surface area contributed by atoms with E-state index < -0.39 is 17.9 Å². The Kier molecular flexibility index (Phi) is 5.80. The van der Waals surface area contributed by atoms with E-state index in [1.54, 1.807) is 19.1 Å². The van der Waals surface area contributed by atoms with Gasteiger partial charge in [-0.2, -0.15) is 0 Å². The van der Waals surface area contributed by atoms with Gasteiger partial charge in [-0.1, -0.05) is 0 Å². The van der Waals surface area contributed by atoms with Gasteiger partial charge < -0.3 is 19.5 Å². The number of esters is 1. The largest absolute Gasteiger partial charge is 0.490 e. The summed E-state index contributed by atoms with van der Waals surface area (Å²) in [5.74, 6) is -0.322. The first-order chi connectivity index (χ1) is 11.4. The lowest BCUT2D eigenvalue weighted by Gasteiger charge is -2.14. The fourth-order valence-electron chi connectivity index (χ4n) is 1.91. The zero-order valence-electron chi connectivity index (χ0n) is 13.0. The van der Waals surface area contributed by atoms with Crippen molar-refractivity contribution in [2.24, 2.45) is 0 Å². The minimum absolute atomic E-state index is 0.123. The van der Waals surface area contributed by atoms with Crippen LogP contribution in [0.5, 0.6) is 11.5 Å². The van der Waals surface area contributed by atoms with Crippen molar-refractivity contribution in [3.8, 4) is 11.5 Å². The molecule has 1 heterocycles. The van der Waals surface area contributed by atoms with Crippen molar-refractivity contribution in [2.45, 2.75) is 6.92 Å². The summed E-state index contributed by atoms with van der Waals surface area (Å²) in [7, 11) is 1.26. The van der Waals surface area contributed by atoms with Crippen LogP contribution in [0.4, 0.5) is 4.79 Å². The summed E-state index contributed by atoms with van der Waals surface area (Å²) < 4.78 is 16.0. The third-order valence-electron chi connectivity index (χ3n) is 2.92. The lowest BCUT2D eigenvalue weighted by Crippen LogP contribution is -2.22. The van der Waals surface area contributed by atoms with E-state index in [1.165, 1.54) is 13.2 Å². The average Bonchev–Trinajstić information content (AvgIpc) is 2.84. The fourth-order valence-corrected chi connectivity index (χ4v) is 2.49. The van der Waals surface area contributed by atoms with Crippen LogP contribution in [0.15, 0.2) is 22.3 Å². The Bertz CT molecular complexity index is 716. The molecule has 0 atom stereocenters. The van der Waals surface area contributed by atoms with E-state index >= 15 is 0 Å². The Morgan fingerprint density at radius 1 is 1.25 bits per heavy atom. The van der Waals surface area contributed by atoms with E-state index in [9.17, 15) is 14.4 Å². The first kappa shape index (κ1) is 17.8. The number of urea groups is 1. The molecule has 0 aromatic heterocycles. The van der Waals surface area contributed by atoms with Gasteiger partial charge in [0.25, 0.3) is 5.91 Å². The van der Waals surface area contributed by atoms with Gasteiger partial charge in [0.05, 0.1) is 18.2 Å². The Morgan fingerprint density at radius 2 is 2.00 bits per heavy atom. The maximum atomic E-state index is 11.6. The molecule has 24 heavy (non-hydrogen) atoms. The average molecular weight is 399 g/mol. The van der Waals surface area contributed by atoms with Crippen LogP contribution in [-0.2, 0) is 14.3 Å². The first-order valence-corrected chi connectivity index (χ1v) is 7.74. The maximum Gasteiger partial charge on any atom is 0.343 e. The van der Waals surface area contributed by atoms with Crippen LogP contribution in [-0.4, -0.2) is 38.2 Å². The summed E-state index contributed by atoms with van der Waals surface area (Å²) in [4.78, 5) is 34.0. The molecule has 0 bridgehead atoms. The normalized spacial score (nSPS) is 15.0. The maximum absolute atomic E-state index is 11.6. The number of carbonyl (C=O) groups is 3. The van der Waals surface area contributed by atoms with Crippen molar-refractivity contribution in [1.82, 2.24) is 10.6 Å². The highest BCUT2D eigenvalue weighted by molar-refractivity contribution is 9.10. The molecular weight excluding hydrogens is 384 g/mol. The van der Waals surface area contributed by atoms with Gasteiger partial charge in [-0.25, -0.2) is 9.59 Å². The van der Waals surface area contributed by atoms with Gasteiger partial charge in [0.15, 0.2) is 18.1 Å². The van der Waals surface area contributed by atoms with Crippen LogP contribution >= 0.6 is 15.9 Å². The number of nitrogens with one attached hydrogen (secondary N) is 2. The number of imide groups is 1. The number of hydrogen-bond donors (Lipinski definition) is 2. The van der Waals surface area contributed by atoms with E-state index in [2.05, 4.69) is 31.3 Å². The number of rotatable bonds is 6. The van der Waals surface area contributed by atoms with Crippen LogP contribution in [0.1, 0.15) is 12.5 Å². The Morgan fingerprint density at radius 3 is 2.58 bits per heavy atom. The number of carbonyl (C=O) groups excluding carboxylic acids is 3. The molecule has 3 amide bonds. The molecule has 2 N–H and O–H groups in total. The second-order valence-electron chi connectivity index (χ2n) is 4.59. The highest BCUT2D eigenvalue weighted by Crippen LogP contribution is 2.37. The predicted octanol–water partition coefficient (Wildman–Crippen LogP) is 1.58. The molecular formula is C15H15BrN2O6. The zero-order chi connectivity index (χ0) is 17.7. The molecule has 0 radical (unpaired) electrons. The van der Waals surface area contributed by atoms with E-state index in [1.807, 2.05) is 0 Å². The van der Waals surface area contributed by atoms with Gasteiger partial charge >= 0.3 is 12.0 Å². The lowest BCUT2D eigenvalue weighted by molar-refractivity contribution is -0.143. The minimum atomic E-state index is -0.576. The molecule has 0 saturated carbocycles. The van der Waals surface area contributed by atoms with E-state index in [0.29, 0.717) is 28.1 Å². The van der Waals surface area contributed by atoms with Crippen molar-refractivity contribution in [3.05, 3.63) is 27.9 Å². The molecule has 128 valence electrons. The zero-order valence-corrected chi connectivity index (χ0v) is 14.6. The van der Waals surface area contributed by atoms with Crippen molar-refractivity contribution in [3.63, 3.8) is 0 Å². The lowest BCUT2D eigenvalue weighted by atomic mass is 10.1. The summed E-state index contributed by atoms with van der Waals surface area (Å²) in [5.41, 5.74) is 0.723. The Hall–Kier alpha value is -2.55. The van der Waals surface area contributed by atoms with Gasteiger partial charge in [-0.15, -0.1) is 0 Å². The quantitative estimate of drug-likeness (QED) is 0.428.